The van der Waals surface area contributed by atoms with E-state index in [1.807, 2.05) is 35.2 Å². The summed E-state index contributed by atoms with van der Waals surface area (Å²) in [7, 11) is 0. The minimum atomic E-state index is 0.00883. The van der Waals surface area contributed by atoms with Gasteiger partial charge in [0.25, 0.3) is 5.91 Å². The lowest BCUT2D eigenvalue weighted by molar-refractivity contribution is -0.133. The number of anilines is 2. The van der Waals surface area contributed by atoms with Crippen LogP contribution in [0.1, 0.15) is 30.5 Å². The minimum absolute atomic E-state index is 0.00883. The highest BCUT2D eigenvalue weighted by molar-refractivity contribution is 5.78. The van der Waals surface area contributed by atoms with E-state index < -0.39 is 0 Å². The molecule has 0 spiro atoms. The summed E-state index contributed by atoms with van der Waals surface area (Å²) < 4.78 is 5.84. The van der Waals surface area contributed by atoms with Crippen LogP contribution in [-0.4, -0.2) is 66.9 Å². The van der Waals surface area contributed by atoms with Crippen LogP contribution >= 0.6 is 0 Å². The normalized spacial score (nSPS) is 13.6. The van der Waals surface area contributed by atoms with Crippen molar-refractivity contribution >= 4 is 17.4 Å². The molecule has 1 saturated heterocycles. The number of hydrogen-bond donors (Lipinski definition) is 0. The Morgan fingerprint density at radius 2 is 1.61 bits per heavy atom. The molecule has 190 valence electrons. The van der Waals surface area contributed by atoms with Crippen molar-refractivity contribution in [2.24, 2.45) is 0 Å². The van der Waals surface area contributed by atoms with Gasteiger partial charge in [-0.25, -0.2) is 0 Å². The van der Waals surface area contributed by atoms with Crippen molar-refractivity contribution in [1.29, 1.82) is 0 Å². The first-order valence-corrected chi connectivity index (χ1v) is 12.8. The Morgan fingerprint density at radius 3 is 2.28 bits per heavy atom. The molecule has 7 nitrogen and oxygen atoms in total. The Labute approximate surface area is 214 Å². The second kappa shape index (κ2) is 11.4. The second-order valence-electron chi connectivity index (χ2n) is 9.35. The van der Waals surface area contributed by atoms with E-state index in [1.54, 1.807) is 0 Å². The SMILES string of the molecule is CCN(CC)c1cccc(OCC(=O)N2CCN(c3ccc(-c4cc(C)c(C)cc4C)nn3)CC2)c1. The minimum Gasteiger partial charge on any atom is -0.484 e. The van der Waals surface area contributed by atoms with E-state index in [0.29, 0.717) is 13.1 Å². The molecule has 1 aliphatic heterocycles. The fourth-order valence-electron chi connectivity index (χ4n) is 4.65. The molecule has 1 aromatic heterocycles. The molecule has 0 N–H and O–H groups in total. The number of rotatable bonds is 8. The highest BCUT2D eigenvalue weighted by Crippen LogP contribution is 2.26. The molecule has 0 atom stereocenters. The third-order valence-corrected chi connectivity index (χ3v) is 7.03. The summed E-state index contributed by atoms with van der Waals surface area (Å²) in [4.78, 5) is 19.1. The Hall–Kier alpha value is -3.61. The fraction of sp³-hybridized carbons (Fsp3) is 0.414. The average molecular weight is 488 g/mol. The van der Waals surface area contributed by atoms with Crippen molar-refractivity contribution in [2.45, 2.75) is 34.6 Å². The first-order valence-electron chi connectivity index (χ1n) is 12.8. The molecule has 3 aromatic rings. The van der Waals surface area contributed by atoms with E-state index in [9.17, 15) is 4.79 Å². The van der Waals surface area contributed by atoms with Gasteiger partial charge in [0.2, 0.25) is 0 Å². The van der Waals surface area contributed by atoms with E-state index in [1.165, 1.54) is 16.7 Å². The van der Waals surface area contributed by atoms with Crippen molar-refractivity contribution in [2.75, 3.05) is 55.7 Å². The average Bonchev–Trinajstić information content (AvgIpc) is 2.90. The summed E-state index contributed by atoms with van der Waals surface area (Å²) in [6.07, 6.45) is 0. The molecule has 2 heterocycles. The number of nitrogens with zero attached hydrogens (tertiary/aromatic N) is 5. The van der Waals surface area contributed by atoms with Crippen molar-refractivity contribution in [3.8, 4) is 17.0 Å². The molecule has 7 heteroatoms. The maximum absolute atomic E-state index is 12.8. The Bertz CT molecular complexity index is 1180. The van der Waals surface area contributed by atoms with Gasteiger partial charge in [-0.3, -0.25) is 4.79 Å². The van der Waals surface area contributed by atoms with E-state index in [-0.39, 0.29) is 12.5 Å². The zero-order valence-corrected chi connectivity index (χ0v) is 22.1. The largest absolute Gasteiger partial charge is 0.484 e. The highest BCUT2D eigenvalue weighted by atomic mass is 16.5. The maximum Gasteiger partial charge on any atom is 0.260 e. The first-order chi connectivity index (χ1) is 17.4. The molecule has 0 radical (unpaired) electrons. The molecule has 36 heavy (non-hydrogen) atoms. The lowest BCUT2D eigenvalue weighted by Crippen LogP contribution is -2.50. The van der Waals surface area contributed by atoms with Gasteiger partial charge in [-0.2, -0.15) is 0 Å². The highest BCUT2D eigenvalue weighted by Gasteiger charge is 2.22. The molecular formula is C29H37N5O2. The summed E-state index contributed by atoms with van der Waals surface area (Å²) in [6.45, 7) is 15.3. The molecule has 0 unspecified atom stereocenters. The van der Waals surface area contributed by atoms with Crippen LogP contribution in [-0.2, 0) is 4.79 Å². The number of aryl methyl sites for hydroxylation is 3. The molecule has 4 rings (SSSR count). The summed E-state index contributed by atoms with van der Waals surface area (Å²) in [5.41, 5.74) is 6.85. The van der Waals surface area contributed by atoms with Crippen LogP contribution in [0, 0.1) is 20.8 Å². The van der Waals surface area contributed by atoms with Gasteiger partial charge in [0.15, 0.2) is 12.4 Å². The van der Waals surface area contributed by atoms with Crippen molar-refractivity contribution < 1.29 is 9.53 Å². The topological polar surface area (TPSA) is 61.8 Å². The van der Waals surface area contributed by atoms with Crippen LogP contribution in [0.15, 0.2) is 48.5 Å². The molecule has 0 saturated carbocycles. The smallest absolute Gasteiger partial charge is 0.260 e. The van der Waals surface area contributed by atoms with Crippen LogP contribution < -0.4 is 14.5 Å². The number of amides is 1. The van der Waals surface area contributed by atoms with Gasteiger partial charge in [-0.15, -0.1) is 10.2 Å². The predicted molar refractivity (Wildman–Crippen MR) is 146 cm³/mol. The number of aromatic nitrogens is 2. The van der Waals surface area contributed by atoms with Crippen molar-refractivity contribution in [1.82, 2.24) is 15.1 Å². The first kappa shape index (κ1) is 25.5. The molecule has 1 aliphatic rings. The van der Waals surface area contributed by atoms with Crippen molar-refractivity contribution in [3.05, 3.63) is 65.2 Å². The third kappa shape index (κ3) is 5.78. The molecule has 2 aromatic carbocycles. The third-order valence-electron chi connectivity index (χ3n) is 7.03. The van der Waals surface area contributed by atoms with Crippen LogP contribution in [0.5, 0.6) is 5.75 Å². The van der Waals surface area contributed by atoms with Crippen LogP contribution in [0.3, 0.4) is 0 Å². The number of ether oxygens (including phenoxy) is 1. The quantitative estimate of drug-likeness (QED) is 0.461. The summed E-state index contributed by atoms with van der Waals surface area (Å²) in [6, 6.07) is 16.4. The summed E-state index contributed by atoms with van der Waals surface area (Å²) in [5.74, 6) is 1.58. The van der Waals surface area contributed by atoms with Crippen molar-refractivity contribution in [3.63, 3.8) is 0 Å². The van der Waals surface area contributed by atoms with Crippen LogP contribution in [0.2, 0.25) is 0 Å². The molecule has 1 amide bonds. The lowest BCUT2D eigenvalue weighted by Gasteiger charge is -2.35. The van der Waals surface area contributed by atoms with E-state index in [4.69, 9.17) is 4.74 Å². The van der Waals surface area contributed by atoms with Crippen LogP contribution in [0.25, 0.3) is 11.3 Å². The molecule has 1 fully saturated rings. The monoisotopic (exact) mass is 487 g/mol. The predicted octanol–water partition coefficient (Wildman–Crippen LogP) is 4.64. The Balaban J connectivity index is 1.30. The van der Waals surface area contributed by atoms with E-state index in [0.717, 1.165) is 54.7 Å². The van der Waals surface area contributed by atoms with Gasteiger partial charge < -0.3 is 19.4 Å². The number of piperazine rings is 1. The van der Waals surface area contributed by atoms with Gasteiger partial charge in [0.05, 0.1) is 5.69 Å². The number of carbonyl (C=O) groups is 1. The van der Waals surface area contributed by atoms with E-state index in [2.05, 4.69) is 72.8 Å². The van der Waals surface area contributed by atoms with Gasteiger partial charge in [-0.05, 0) is 81.6 Å². The Morgan fingerprint density at radius 1 is 0.889 bits per heavy atom. The zero-order valence-electron chi connectivity index (χ0n) is 22.1. The lowest BCUT2D eigenvalue weighted by atomic mass is 9.99. The van der Waals surface area contributed by atoms with Gasteiger partial charge in [0, 0.05) is 56.6 Å². The maximum atomic E-state index is 12.8. The van der Waals surface area contributed by atoms with Crippen LogP contribution in [0.4, 0.5) is 11.5 Å². The summed E-state index contributed by atoms with van der Waals surface area (Å²) in [5, 5.41) is 9.01. The number of carbonyl (C=O) groups excluding carboxylic acids is 1. The fourth-order valence-corrected chi connectivity index (χ4v) is 4.65. The standard InChI is InChI=1S/C29H37N5O2/c1-6-32(7-2)24-9-8-10-25(19-24)36-20-29(35)34-15-13-33(14-16-34)28-12-11-27(30-31-28)26-18-22(4)21(3)17-23(26)5/h8-12,17-19H,6-7,13-16,20H2,1-5H3. The Kier molecular flexibility index (Phi) is 8.08. The molecule has 0 bridgehead atoms. The van der Waals surface area contributed by atoms with Gasteiger partial charge >= 0.3 is 0 Å². The number of hydrogen-bond acceptors (Lipinski definition) is 6. The van der Waals surface area contributed by atoms with Gasteiger partial charge in [-0.1, -0.05) is 12.1 Å². The molecule has 0 aliphatic carbocycles. The number of benzene rings is 2. The summed E-state index contributed by atoms with van der Waals surface area (Å²) >= 11 is 0. The van der Waals surface area contributed by atoms with E-state index >= 15 is 0 Å². The molecular weight excluding hydrogens is 450 g/mol. The zero-order chi connectivity index (χ0) is 25.7. The second-order valence-corrected chi connectivity index (χ2v) is 9.35. The van der Waals surface area contributed by atoms with Gasteiger partial charge in [0.1, 0.15) is 5.75 Å².